The first kappa shape index (κ1) is 22.8. The van der Waals surface area contributed by atoms with Gasteiger partial charge in [-0.25, -0.2) is 14.3 Å². The van der Waals surface area contributed by atoms with E-state index < -0.39 is 0 Å². The molecule has 1 saturated heterocycles. The van der Waals surface area contributed by atoms with Crippen molar-refractivity contribution < 1.29 is 4.74 Å². The lowest BCUT2D eigenvalue weighted by molar-refractivity contribution is 0.0293. The summed E-state index contributed by atoms with van der Waals surface area (Å²) in [6.45, 7) is 2.31. The zero-order chi connectivity index (χ0) is 23.8. The molecule has 0 amide bonds. The molecule has 0 radical (unpaired) electrons. The average Bonchev–Trinajstić information content (AvgIpc) is 3.24. The molecular weight excluding hydrogens is 479 g/mol. The van der Waals surface area contributed by atoms with Crippen LogP contribution in [0.4, 0.5) is 0 Å². The van der Waals surface area contributed by atoms with E-state index >= 15 is 0 Å². The van der Waals surface area contributed by atoms with E-state index in [1.807, 2.05) is 12.1 Å². The number of aromatic nitrogens is 5. The summed E-state index contributed by atoms with van der Waals surface area (Å²) in [6, 6.07) is 6.79. The Morgan fingerprint density at radius 3 is 2.88 bits per heavy atom. The lowest BCUT2D eigenvalue weighted by atomic mass is 9.98. The fourth-order valence-electron chi connectivity index (χ4n) is 4.22. The van der Waals surface area contributed by atoms with Crippen molar-refractivity contribution in [2.45, 2.75) is 19.1 Å². The summed E-state index contributed by atoms with van der Waals surface area (Å²) >= 11 is 13.0. The number of hydrogen-bond acceptors (Lipinski definition) is 6. The number of morpholine rings is 1. The number of halogens is 2. The molecule has 34 heavy (non-hydrogen) atoms. The summed E-state index contributed by atoms with van der Waals surface area (Å²) in [4.78, 5) is 29.3. The third-order valence-electron chi connectivity index (χ3n) is 5.89. The molecule has 1 aliphatic rings. The van der Waals surface area contributed by atoms with Crippen LogP contribution in [-0.2, 0) is 24.8 Å². The molecule has 1 fully saturated rings. The minimum atomic E-state index is -0.390. The molecule has 0 saturated carbocycles. The molecule has 0 spiro atoms. The third kappa shape index (κ3) is 4.39. The number of nitrogens with one attached hydrogen (secondary N) is 1. The molecule has 4 heterocycles. The average molecular weight is 501 g/mol. The number of nitrogens with zero attached hydrogens (tertiary/aromatic N) is 5. The highest BCUT2D eigenvalue weighted by Crippen LogP contribution is 2.35. The minimum absolute atomic E-state index is 0.0208. The van der Waals surface area contributed by atoms with E-state index in [0.29, 0.717) is 34.3 Å². The summed E-state index contributed by atoms with van der Waals surface area (Å²) < 4.78 is 10.1. The van der Waals surface area contributed by atoms with E-state index in [2.05, 4.69) is 15.4 Å². The van der Waals surface area contributed by atoms with E-state index in [9.17, 15) is 9.59 Å². The van der Waals surface area contributed by atoms with Gasteiger partial charge in [0.05, 0.1) is 30.5 Å². The van der Waals surface area contributed by atoms with Crippen LogP contribution in [0.15, 0.2) is 52.6 Å². The molecule has 9 nitrogen and oxygen atoms in total. The van der Waals surface area contributed by atoms with Gasteiger partial charge in [0.15, 0.2) is 0 Å². The molecule has 4 aromatic rings. The summed E-state index contributed by atoms with van der Waals surface area (Å²) in [5.41, 5.74) is 3.02. The van der Waals surface area contributed by atoms with Gasteiger partial charge in [0.25, 0.3) is 5.56 Å². The van der Waals surface area contributed by atoms with Crippen molar-refractivity contribution >= 4 is 28.7 Å². The first-order chi connectivity index (χ1) is 16.4. The highest BCUT2D eigenvalue weighted by atomic mass is 35.5. The van der Waals surface area contributed by atoms with Crippen molar-refractivity contribution in [3.63, 3.8) is 0 Å². The SMILES string of the molecule is Cn1ccc(=O)n(Cc2cc3c(-c4cc(Cl)cc(Cl)c4CC4CNCCO4)ncnn3c2)c1=O. The van der Waals surface area contributed by atoms with Crippen LogP contribution in [0, 0.1) is 0 Å². The summed E-state index contributed by atoms with van der Waals surface area (Å²) in [5, 5.41) is 8.69. The fourth-order valence-corrected chi connectivity index (χ4v) is 4.79. The zero-order valence-electron chi connectivity index (χ0n) is 18.4. The Balaban J connectivity index is 1.59. The van der Waals surface area contributed by atoms with Gasteiger partial charge in [-0.1, -0.05) is 23.2 Å². The number of aryl methyl sites for hydroxylation is 1. The Bertz CT molecular complexity index is 1490. The summed E-state index contributed by atoms with van der Waals surface area (Å²) in [6.07, 6.45) is 5.26. The van der Waals surface area contributed by atoms with Gasteiger partial charge in [0.1, 0.15) is 6.33 Å². The van der Waals surface area contributed by atoms with Crippen molar-refractivity contribution in [2.75, 3.05) is 19.7 Å². The second-order valence-corrected chi connectivity index (χ2v) is 9.08. The monoisotopic (exact) mass is 500 g/mol. The Hall–Kier alpha value is -2.98. The van der Waals surface area contributed by atoms with Crippen molar-refractivity contribution in [1.29, 1.82) is 0 Å². The fraction of sp³-hybridized carbons (Fsp3) is 0.304. The number of hydrogen-bond donors (Lipinski definition) is 1. The normalized spacial score (nSPS) is 16.3. The van der Waals surface area contributed by atoms with Crippen molar-refractivity contribution in [3.8, 4) is 11.3 Å². The van der Waals surface area contributed by atoms with Gasteiger partial charge in [-0.2, -0.15) is 5.10 Å². The molecule has 0 bridgehead atoms. The molecule has 1 atom stereocenters. The molecule has 1 N–H and O–H groups in total. The van der Waals surface area contributed by atoms with Gasteiger partial charge in [0, 0.05) is 60.6 Å². The maximum absolute atomic E-state index is 12.5. The Labute approximate surface area is 204 Å². The Morgan fingerprint density at radius 2 is 2.09 bits per heavy atom. The highest BCUT2D eigenvalue weighted by Gasteiger charge is 2.21. The first-order valence-corrected chi connectivity index (χ1v) is 11.6. The molecular formula is C23H22Cl2N6O3. The van der Waals surface area contributed by atoms with Gasteiger partial charge in [-0.3, -0.25) is 9.36 Å². The van der Waals surface area contributed by atoms with E-state index in [0.717, 1.165) is 29.8 Å². The predicted molar refractivity (Wildman–Crippen MR) is 130 cm³/mol. The maximum atomic E-state index is 12.5. The topological polar surface area (TPSA) is 95.4 Å². The van der Waals surface area contributed by atoms with Gasteiger partial charge in [-0.15, -0.1) is 0 Å². The second kappa shape index (κ2) is 9.34. The van der Waals surface area contributed by atoms with E-state index in [4.69, 9.17) is 27.9 Å². The zero-order valence-corrected chi connectivity index (χ0v) is 19.9. The molecule has 176 valence electrons. The maximum Gasteiger partial charge on any atom is 0.331 e. The summed E-state index contributed by atoms with van der Waals surface area (Å²) in [7, 11) is 1.61. The van der Waals surface area contributed by atoms with E-state index in [-0.39, 0.29) is 23.9 Å². The van der Waals surface area contributed by atoms with Gasteiger partial charge in [-0.05, 0) is 29.3 Å². The molecule has 0 aliphatic carbocycles. The molecule has 1 unspecified atom stereocenters. The van der Waals surface area contributed by atoms with Crippen LogP contribution in [0.2, 0.25) is 10.0 Å². The van der Waals surface area contributed by atoms with Crippen molar-refractivity contribution in [2.24, 2.45) is 7.05 Å². The highest BCUT2D eigenvalue weighted by molar-refractivity contribution is 6.35. The van der Waals surface area contributed by atoms with Crippen LogP contribution in [0.3, 0.4) is 0 Å². The predicted octanol–water partition coefficient (Wildman–Crippen LogP) is 2.14. The van der Waals surface area contributed by atoms with E-state index in [1.165, 1.54) is 27.7 Å². The minimum Gasteiger partial charge on any atom is -0.375 e. The Morgan fingerprint density at radius 1 is 1.24 bits per heavy atom. The second-order valence-electron chi connectivity index (χ2n) is 8.24. The number of rotatable bonds is 5. The van der Waals surface area contributed by atoms with Gasteiger partial charge >= 0.3 is 5.69 Å². The van der Waals surface area contributed by atoms with Crippen LogP contribution < -0.4 is 16.6 Å². The van der Waals surface area contributed by atoms with Crippen LogP contribution in [-0.4, -0.2) is 49.5 Å². The van der Waals surface area contributed by atoms with Crippen molar-refractivity contribution in [3.05, 3.63) is 85.0 Å². The molecule has 11 heteroatoms. The van der Waals surface area contributed by atoms with Gasteiger partial charge in [0.2, 0.25) is 0 Å². The third-order valence-corrected chi connectivity index (χ3v) is 6.45. The summed E-state index contributed by atoms with van der Waals surface area (Å²) in [5.74, 6) is 0. The van der Waals surface area contributed by atoms with Crippen LogP contribution in [0.1, 0.15) is 11.1 Å². The van der Waals surface area contributed by atoms with E-state index in [1.54, 1.807) is 23.8 Å². The first-order valence-electron chi connectivity index (χ1n) is 10.8. The number of fused-ring (bicyclic) bond motifs is 1. The Kier molecular flexibility index (Phi) is 6.26. The largest absolute Gasteiger partial charge is 0.375 e. The quantitative estimate of drug-likeness (QED) is 0.451. The van der Waals surface area contributed by atoms with Crippen LogP contribution in [0.5, 0.6) is 0 Å². The molecule has 1 aromatic carbocycles. The van der Waals surface area contributed by atoms with Crippen LogP contribution in [0.25, 0.3) is 16.8 Å². The van der Waals surface area contributed by atoms with Gasteiger partial charge < -0.3 is 14.6 Å². The lowest BCUT2D eigenvalue weighted by Crippen LogP contribution is -2.39. The number of benzene rings is 1. The smallest absolute Gasteiger partial charge is 0.331 e. The molecule has 1 aliphatic heterocycles. The van der Waals surface area contributed by atoms with Crippen molar-refractivity contribution in [1.82, 2.24) is 29.0 Å². The standard InChI is InChI=1S/C23H22Cl2N6O3/c1-29-4-2-21(32)30(23(29)33)11-14-6-20-22(27-13-28-31(20)12-14)18-7-15(24)8-19(25)17(18)9-16-10-26-3-5-34-16/h2,4,6-8,12-13,16,26H,3,5,9-11H2,1H3. The number of ether oxygens (including phenoxy) is 1. The molecule has 3 aromatic heterocycles. The molecule has 5 rings (SSSR count). The lowest BCUT2D eigenvalue weighted by Gasteiger charge is -2.25. The van der Waals surface area contributed by atoms with Crippen LogP contribution >= 0.6 is 23.2 Å².